The standard InChI is InChI=1S/C17H16FNO2/c1-12(20)15-7-2-3-8-16(15)19-17(21)10-9-13-5-4-6-14(18)11-13/h2-12,20H,1H3,(H,19,21). The minimum absolute atomic E-state index is 0.340. The lowest BCUT2D eigenvalue weighted by Gasteiger charge is -2.11. The molecule has 0 aliphatic heterocycles. The minimum Gasteiger partial charge on any atom is -0.389 e. The fourth-order valence-corrected chi connectivity index (χ4v) is 1.93. The van der Waals surface area contributed by atoms with Crippen LogP contribution in [-0.2, 0) is 4.79 Å². The molecule has 0 aliphatic carbocycles. The van der Waals surface area contributed by atoms with Gasteiger partial charge < -0.3 is 10.4 Å². The predicted octanol–water partition coefficient (Wildman–Crippen LogP) is 3.53. The number of hydrogen-bond donors (Lipinski definition) is 2. The third-order valence-electron chi connectivity index (χ3n) is 2.94. The summed E-state index contributed by atoms with van der Waals surface area (Å²) in [5, 5.41) is 12.3. The zero-order valence-electron chi connectivity index (χ0n) is 11.6. The summed E-state index contributed by atoms with van der Waals surface area (Å²) in [5.41, 5.74) is 1.81. The Hall–Kier alpha value is -2.46. The molecule has 0 aromatic heterocycles. The number of carbonyl (C=O) groups is 1. The van der Waals surface area contributed by atoms with Crippen molar-refractivity contribution in [2.45, 2.75) is 13.0 Å². The van der Waals surface area contributed by atoms with E-state index in [2.05, 4.69) is 5.32 Å². The van der Waals surface area contributed by atoms with Crippen molar-refractivity contribution in [2.24, 2.45) is 0 Å². The van der Waals surface area contributed by atoms with Gasteiger partial charge in [-0.2, -0.15) is 0 Å². The second-order valence-electron chi connectivity index (χ2n) is 4.64. The van der Waals surface area contributed by atoms with Crippen LogP contribution >= 0.6 is 0 Å². The molecule has 1 unspecified atom stereocenters. The average Bonchev–Trinajstić information content (AvgIpc) is 2.45. The Labute approximate surface area is 122 Å². The number of hydrogen-bond acceptors (Lipinski definition) is 2. The number of halogens is 1. The summed E-state index contributed by atoms with van der Waals surface area (Å²) in [6.07, 6.45) is 2.19. The summed E-state index contributed by atoms with van der Waals surface area (Å²) < 4.78 is 13.0. The number of benzene rings is 2. The van der Waals surface area contributed by atoms with Crippen LogP contribution in [0.25, 0.3) is 6.08 Å². The summed E-state index contributed by atoms with van der Waals surface area (Å²) in [6, 6.07) is 13.0. The van der Waals surface area contributed by atoms with Crippen molar-refractivity contribution in [1.29, 1.82) is 0 Å². The minimum atomic E-state index is -0.673. The van der Waals surface area contributed by atoms with Crippen LogP contribution in [0.2, 0.25) is 0 Å². The largest absolute Gasteiger partial charge is 0.389 e. The Bertz CT molecular complexity index is 665. The topological polar surface area (TPSA) is 49.3 Å². The van der Waals surface area contributed by atoms with Gasteiger partial charge in [0.25, 0.3) is 0 Å². The third-order valence-corrected chi connectivity index (χ3v) is 2.94. The first kappa shape index (κ1) is 14.9. The van der Waals surface area contributed by atoms with E-state index < -0.39 is 6.10 Å². The third kappa shape index (κ3) is 4.26. The fourth-order valence-electron chi connectivity index (χ4n) is 1.93. The molecule has 108 valence electrons. The molecule has 4 heteroatoms. The van der Waals surface area contributed by atoms with Crippen LogP contribution in [0.5, 0.6) is 0 Å². The molecule has 0 saturated heterocycles. The molecule has 2 aromatic rings. The van der Waals surface area contributed by atoms with Gasteiger partial charge in [0.15, 0.2) is 0 Å². The van der Waals surface area contributed by atoms with Crippen LogP contribution in [0.1, 0.15) is 24.2 Å². The Kier molecular flexibility index (Phi) is 4.85. The van der Waals surface area contributed by atoms with E-state index in [1.807, 2.05) is 0 Å². The summed E-state index contributed by atoms with van der Waals surface area (Å²) in [6.45, 7) is 1.63. The van der Waals surface area contributed by atoms with E-state index in [9.17, 15) is 14.3 Å². The van der Waals surface area contributed by atoms with Gasteiger partial charge in [-0.3, -0.25) is 4.79 Å². The molecule has 0 radical (unpaired) electrons. The first-order valence-electron chi connectivity index (χ1n) is 6.58. The molecular weight excluding hydrogens is 269 g/mol. The fraction of sp³-hybridized carbons (Fsp3) is 0.118. The lowest BCUT2D eigenvalue weighted by atomic mass is 10.1. The van der Waals surface area contributed by atoms with E-state index in [1.54, 1.807) is 43.3 Å². The van der Waals surface area contributed by atoms with Gasteiger partial charge in [-0.05, 0) is 36.8 Å². The highest BCUT2D eigenvalue weighted by atomic mass is 19.1. The van der Waals surface area contributed by atoms with Crippen molar-refractivity contribution in [3.05, 3.63) is 71.6 Å². The van der Waals surface area contributed by atoms with Crippen LogP contribution in [-0.4, -0.2) is 11.0 Å². The number of aliphatic hydroxyl groups excluding tert-OH is 1. The van der Waals surface area contributed by atoms with Crippen molar-refractivity contribution in [3.8, 4) is 0 Å². The number of anilines is 1. The van der Waals surface area contributed by atoms with Crippen molar-refractivity contribution in [3.63, 3.8) is 0 Å². The highest BCUT2D eigenvalue weighted by molar-refractivity contribution is 6.02. The molecule has 1 amide bonds. The van der Waals surface area contributed by atoms with E-state index in [0.29, 0.717) is 16.8 Å². The Morgan fingerprint density at radius 2 is 2.00 bits per heavy atom. The van der Waals surface area contributed by atoms with Gasteiger partial charge in [0.2, 0.25) is 5.91 Å². The van der Waals surface area contributed by atoms with E-state index in [0.717, 1.165) is 0 Å². The molecular formula is C17H16FNO2. The predicted molar refractivity (Wildman–Crippen MR) is 81.1 cm³/mol. The quantitative estimate of drug-likeness (QED) is 0.844. The van der Waals surface area contributed by atoms with Crippen LogP contribution < -0.4 is 5.32 Å². The zero-order valence-corrected chi connectivity index (χ0v) is 11.6. The van der Waals surface area contributed by atoms with Crippen LogP contribution in [0.15, 0.2) is 54.6 Å². The number of aliphatic hydroxyl groups is 1. The highest BCUT2D eigenvalue weighted by Crippen LogP contribution is 2.22. The van der Waals surface area contributed by atoms with Gasteiger partial charge in [-0.25, -0.2) is 4.39 Å². The van der Waals surface area contributed by atoms with Gasteiger partial charge in [-0.1, -0.05) is 30.3 Å². The summed E-state index contributed by atoms with van der Waals surface area (Å²) in [5.74, 6) is -0.690. The molecule has 3 nitrogen and oxygen atoms in total. The van der Waals surface area contributed by atoms with E-state index in [1.165, 1.54) is 24.3 Å². The van der Waals surface area contributed by atoms with Crippen molar-refractivity contribution >= 4 is 17.7 Å². The lowest BCUT2D eigenvalue weighted by Crippen LogP contribution is -2.10. The first-order chi connectivity index (χ1) is 10.1. The molecule has 0 aliphatic rings. The molecule has 0 fully saturated rings. The van der Waals surface area contributed by atoms with Gasteiger partial charge in [0.05, 0.1) is 6.10 Å². The van der Waals surface area contributed by atoms with Crippen molar-refractivity contribution < 1.29 is 14.3 Å². The van der Waals surface area contributed by atoms with Crippen LogP contribution in [0.3, 0.4) is 0 Å². The second kappa shape index (κ2) is 6.81. The number of para-hydroxylation sites is 1. The van der Waals surface area contributed by atoms with E-state index in [-0.39, 0.29) is 11.7 Å². The maximum absolute atomic E-state index is 13.0. The van der Waals surface area contributed by atoms with Gasteiger partial charge >= 0.3 is 0 Å². The molecule has 1 atom stereocenters. The van der Waals surface area contributed by atoms with Crippen molar-refractivity contribution in [2.75, 3.05) is 5.32 Å². The highest BCUT2D eigenvalue weighted by Gasteiger charge is 2.08. The summed E-state index contributed by atoms with van der Waals surface area (Å²) in [4.78, 5) is 11.9. The molecule has 2 N–H and O–H groups in total. The average molecular weight is 285 g/mol. The van der Waals surface area contributed by atoms with Crippen LogP contribution in [0, 0.1) is 5.82 Å². The molecule has 0 saturated carbocycles. The van der Waals surface area contributed by atoms with Gasteiger partial charge in [-0.15, -0.1) is 0 Å². The maximum atomic E-state index is 13.0. The molecule has 0 heterocycles. The molecule has 21 heavy (non-hydrogen) atoms. The normalized spacial score (nSPS) is 12.3. The Balaban J connectivity index is 2.09. The Morgan fingerprint density at radius 1 is 1.24 bits per heavy atom. The smallest absolute Gasteiger partial charge is 0.248 e. The molecule has 2 rings (SSSR count). The van der Waals surface area contributed by atoms with E-state index in [4.69, 9.17) is 0 Å². The second-order valence-corrected chi connectivity index (χ2v) is 4.64. The van der Waals surface area contributed by atoms with E-state index >= 15 is 0 Å². The summed E-state index contributed by atoms with van der Waals surface area (Å²) in [7, 11) is 0. The zero-order chi connectivity index (χ0) is 15.2. The molecule has 2 aromatic carbocycles. The maximum Gasteiger partial charge on any atom is 0.248 e. The number of nitrogens with one attached hydrogen (secondary N) is 1. The van der Waals surface area contributed by atoms with Crippen molar-refractivity contribution in [1.82, 2.24) is 0 Å². The number of amides is 1. The SMILES string of the molecule is CC(O)c1ccccc1NC(=O)C=Cc1cccc(F)c1. The lowest BCUT2D eigenvalue weighted by molar-refractivity contribution is -0.111. The van der Waals surface area contributed by atoms with Crippen LogP contribution in [0.4, 0.5) is 10.1 Å². The van der Waals surface area contributed by atoms with Gasteiger partial charge in [0, 0.05) is 17.3 Å². The monoisotopic (exact) mass is 285 g/mol. The number of rotatable bonds is 4. The van der Waals surface area contributed by atoms with Gasteiger partial charge in [0.1, 0.15) is 5.82 Å². The molecule has 0 bridgehead atoms. The number of carbonyl (C=O) groups excluding carboxylic acids is 1. The first-order valence-corrected chi connectivity index (χ1v) is 6.58. The molecule has 0 spiro atoms. The summed E-state index contributed by atoms with van der Waals surface area (Å²) >= 11 is 0. The Morgan fingerprint density at radius 3 is 2.71 bits per heavy atom.